The standard InChI is InChI=1S/C15H11BrCl3NO/c1-20(8-9-2-4-11(17)7-14(9)19)15(21)12-6-10(16)3-5-13(12)18/h2-7H,8H2,1H3. The maximum Gasteiger partial charge on any atom is 0.255 e. The van der Waals surface area contributed by atoms with Crippen molar-refractivity contribution in [2.24, 2.45) is 0 Å². The van der Waals surface area contributed by atoms with Crippen LogP contribution in [-0.2, 0) is 6.54 Å². The van der Waals surface area contributed by atoms with Crippen LogP contribution < -0.4 is 0 Å². The third-order valence-corrected chi connectivity index (χ3v) is 4.34. The number of carbonyl (C=O) groups excluding carboxylic acids is 1. The van der Waals surface area contributed by atoms with E-state index in [-0.39, 0.29) is 5.91 Å². The predicted octanol–water partition coefficient (Wildman–Crippen LogP) is 5.68. The van der Waals surface area contributed by atoms with Gasteiger partial charge in [-0.05, 0) is 35.9 Å². The summed E-state index contributed by atoms with van der Waals surface area (Å²) in [4.78, 5) is 14.0. The summed E-state index contributed by atoms with van der Waals surface area (Å²) in [6, 6.07) is 10.4. The topological polar surface area (TPSA) is 20.3 Å². The largest absolute Gasteiger partial charge is 0.337 e. The monoisotopic (exact) mass is 405 g/mol. The first-order valence-corrected chi connectivity index (χ1v) is 7.95. The molecule has 2 aromatic carbocycles. The van der Waals surface area contributed by atoms with Gasteiger partial charge in [-0.1, -0.05) is 56.8 Å². The van der Waals surface area contributed by atoms with E-state index in [1.165, 1.54) is 0 Å². The number of carbonyl (C=O) groups is 1. The van der Waals surface area contributed by atoms with Gasteiger partial charge in [0.15, 0.2) is 0 Å². The first kappa shape index (κ1) is 16.6. The van der Waals surface area contributed by atoms with E-state index in [0.717, 1.165) is 10.0 Å². The summed E-state index contributed by atoms with van der Waals surface area (Å²) in [5.41, 5.74) is 1.27. The second kappa shape index (κ2) is 7.01. The van der Waals surface area contributed by atoms with E-state index >= 15 is 0 Å². The SMILES string of the molecule is CN(Cc1ccc(Cl)cc1Cl)C(=O)c1cc(Br)ccc1Cl. The second-order valence-electron chi connectivity index (χ2n) is 4.52. The summed E-state index contributed by atoms with van der Waals surface area (Å²) < 4.78 is 0.799. The average molecular weight is 408 g/mol. The Hall–Kier alpha value is -0.740. The second-order valence-corrected chi connectivity index (χ2v) is 6.69. The van der Waals surface area contributed by atoms with E-state index < -0.39 is 0 Å². The quantitative estimate of drug-likeness (QED) is 0.641. The molecule has 0 bridgehead atoms. The lowest BCUT2D eigenvalue weighted by Gasteiger charge is -2.19. The van der Waals surface area contributed by atoms with E-state index in [2.05, 4.69) is 15.9 Å². The Labute approximate surface area is 146 Å². The van der Waals surface area contributed by atoms with Gasteiger partial charge in [-0.25, -0.2) is 0 Å². The average Bonchev–Trinajstić information content (AvgIpc) is 2.43. The van der Waals surface area contributed by atoms with Crippen LogP contribution in [0.25, 0.3) is 0 Å². The summed E-state index contributed by atoms with van der Waals surface area (Å²) in [5, 5.41) is 1.51. The summed E-state index contributed by atoms with van der Waals surface area (Å²) in [7, 11) is 1.70. The van der Waals surface area contributed by atoms with Crippen molar-refractivity contribution >= 4 is 56.6 Å². The Morgan fingerprint density at radius 1 is 1.10 bits per heavy atom. The van der Waals surface area contributed by atoms with Crippen molar-refractivity contribution in [1.82, 2.24) is 4.90 Å². The zero-order valence-electron chi connectivity index (χ0n) is 11.0. The Bertz CT molecular complexity index is 691. The first-order valence-electron chi connectivity index (χ1n) is 6.03. The van der Waals surface area contributed by atoms with E-state index in [0.29, 0.717) is 27.2 Å². The van der Waals surface area contributed by atoms with Gasteiger partial charge in [-0.3, -0.25) is 4.79 Å². The molecule has 0 heterocycles. The molecule has 110 valence electrons. The Balaban J connectivity index is 2.21. The molecule has 0 aromatic heterocycles. The molecular weight excluding hydrogens is 396 g/mol. The highest BCUT2D eigenvalue weighted by atomic mass is 79.9. The van der Waals surface area contributed by atoms with Gasteiger partial charge in [0.1, 0.15) is 0 Å². The summed E-state index contributed by atoms with van der Waals surface area (Å²) >= 11 is 21.4. The summed E-state index contributed by atoms with van der Waals surface area (Å²) in [6.07, 6.45) is 0. The van der Waals surface area contributed by atoms with Crippen molar-refractivity contribution in [3.8, 4) is 0 Å². The van der Waals surface area contributed by atoms with Crippen LogP contribution in [0, 0.1) is 0 Å². The van der Waals surface area contributed by atoms with Gasteiger partial charge in [0, 0.05) is 28.1 Å². The third kappa shape index (κ3) is 4.13. The minimum absolute atomic E-state index is 0.174. The van der Waals surface area contributed by atoms with Crippen molar-refractivity contribution < 1.29 is 4.79 Å². The number of hydrogen-bond acceptors (Lipinski definition) is 1. The number of nitrogens with zero attached hydrogens (tertiary/aromatic N) is 1. The molecule has 0 saturated heterocycles. The van der Waals surface area contributed by atoms with Gasteiger partial charge < -0.3 is 4.90 Å². The zero-order chi connectivity index (χ0) is 15.6. The number of halogens is 4. The summed E-state index contributed by atoms with van der Waals surface area (Å²) in [6.45, 7) is 0.373. The molecular formula is C15H11BrCl3NO. The fraction of sp³-hybridized carbons (Fsp3) is 0.133. The number of rotatable bonds is 3. The van der Waals surface area contributed by atoms with Crippen LogP contribution in [-0.4, -0.2) is 17.9 Å². The van der Waals surface area contributed by atoms with Crippen molar-refractivity contribution in [2.75, 3.05) is 7.05 Å². The smallest absolute Gasteiger partial charge is 0.255 e. The minimum Gasteiger partial charge on any atom is -0.337 e. The number of hydrogen-bond donors (Lipinski definition) is 0. The van der Waals surface area contributed by atoms with Crippen LogP contribution in [0.2, 0.25) is 15.1 Å². The van der Waals surface area contributed by atoms with Crippen molar-refractivity contribution in [2.45, 2.75) is 6.54 Å². The molecule has 0 aliphatic carbocycles. The van der Waals surface area contributed by atoms with Crippen molar-refractivity contribution in [3.63, 3.8) is 0 Å². The molecule has 0 radical (unpaired) electrons. The lowest BCUT2D eigenvalue weighted by Crippen LogP contribution is -2.26. The molecule has 0 aliphatic heterocycles. The molecule has 0 N–H and O–H groups in total. The van der Waals surface area contributed by atoms with Gasteiger partial charge in [0.2, 0.25) is 0 Å². The van der Waals surface area contributed by atoms with Crippen molar-refractivity contribution in [3.05, 3.63) is 67.1 Å². The fourth-order valence-corrected chi connectivity index (χ4v) is 2.87. The lowest BCUT2D eigenvalue weighted by atomic mass is 10.1. The van der Waals surface area contributed by atoms with Gasteiger partial charge in [-0.2, -0.15) is 0 Å². The highest BCUT2D eigenvalue weighted by Gasteiger charge is 2.16. The predicted molar refractivity (Wildman–Crippen MR) is 91.4 cm³/mol. The molecule has 0 aliphatic rings. The van der Waals surface area contributed by atoms with Crippen LogP contribution >= 0.6 is 50.7 Å². The van der Waals surface area contributed by atoms with Crippen LogP contribution in [0.15, 0.2) is 40.9 Å². The summed E-state index contributed by atoms with van der Waals surface area (Å²) in [5.74, 6) is -0.174. The normalized spacial score (nSPS) is 10.5. The van der Waals surface area contributed by atoms with E-state index in [9.17, 15) is 4.79 Å². The maximum atomic E-state index is 12.5. The number of amides is 1. The molecule has 2 aromatic rings. The molecule has 2 nitrogen and oxygen atoms in total. The molecule has 1 amide bonds. The van der Waals surface area contributed by atoms with Gasteiger partial charge in [-0.15, -0.1) is 0 Å². The zero-order valence-corrected chi connectivity index (χ0v) is 14.9. The molecule has 2 rings (SSSR count). The highest BCUT2D eigenvalue weighted by molar-refractivity contribution is 9.10. The first-order chi connectivity index (χ1) is 9.88. The number of benzene rings is 2. The minimum atomic E-state index is -0.174. The van der Waals surface area contributed by atoms with Gasteiger partial charge in [0.25, 0.3) is 5.91 Å². The third-order valence-electron chi connectivity index (χ3n) is 2.93. The molecule has 0 atom stereocenters. The van der Waals surface area contributed by atoms with Gasteiger partial charge >= 0.3 is 0 Å². The molecule has 0 fully saturated rings. The van der Waals surface area contributed by atoms with Crippen molar-refractivity contribution in [1.29, 1.82) is 0 Å². The molecule has 0 saturated carbocycles. The highest BCUT2D eigenvalue weighted by Crippen LogP contribution is 2.25. The Morgan fingerprint density at radius 2 is 1.81 bits per heavy atom. The molecule has 0 spiro atoms. The molecule has 6 heteroatoms. The van der Waals surface area contributed by atoms with Gasteiger partial charge in [0.05, 0.1) is 10.6 Å². The molecule has 21 heavy (non-hydrogen) atoms. The maximum absolute atomic E-state index is 12.5. The Morgan fingerprint density at radius 3 is 2.48 bits per heavy atom. The van der Waals surface area contributed by atoms with Crippen LogP contribution in [0.4, 0.5) is 0 Å². The fourth-order valence-electron chi connectivity index (χ4n) is 1.84. The van der Waals surface area contributed by atoms with E-state index in [1.54, 1.807) is 48.3 Å². The Kier molecular flexibility index (Phi) is 5.55. The van der Waals surface area contributed by atoms with Crippen LogP contribution in [0.3, 0.4) is 0 Å². The van der Waals surface area contributed by atoms with Crippen LogP contribution in [0.1, 0.15) is 15.9 Å². The van der Waals surface area contributed by atoms with E-state index in [4.69, 9.17) is 34.8 Å². The molecule has 0 unspecified atom stereocenters. The van der Waals surface area contributed by atoms with E-state index in [1.807, 2.05) is 0 Å². The van der Waals surface area contributed by atoms with Crippen LogP contribution in [0.5, 0.6) is 0 Å². The lowest BCUT2D eigenvalue weighted by molar-refractivity contribution is 0.0785.